The lowest BCUT2D eigenvalue weighted by Crippen LogP contribution is -2.28. The van der Waals surface area contributed by atoms with Crippen molar-refractivity contribution in [3.05, 3.63) is 75.7 Å². The maximum Gasteiger partial charge on any atom is 0.269 e. The fraction of sp³-hybridized carbons (Fsp3) is 0.364. The molecule has 1 aromatic heterocycles. The number of benzene rings is 2. The normalized spacial score (nSPS) is 13.4. The maximum absolute atomic E-state index is 10.8. The van der Waals surface area contributed by atoms with E-state index in [1.54, 1.807) is 12.1 Å². The Morgan fingerprint density at radius 1 is 1.03 bits per heavy atom. The van der Waals surface area contributed by atoms with Gasteiger partial charge < -0.3 is 4.42 Å². The van der Waals surface area contributed by atoms with Crippen LogP contribution in [0.5, 0.6) is 0 Å². The summed E-state index contributed by atoms with van der Waals surface area (Å²) in [5, 5.41) is 22.7. The molecule has 2 atom stereocenters. The lowest BCUT2D eigenvalue weighted by atomic mass is 9.94. The zero-order valence-electron chi connectivity index (χ0n) is 17.1. The molecule has 1 heterocycles. The number of hydrogen-bond donors (Lipinski definition) is 1. The van der Waals surface area contributed by atoms with E-state index in [4.69, 9.17) is 4.42 Å². The van der Waals surface area contributed by atoms with E-state index in [1.165, 1.54) is 23.3 Å². The van der Waals surface area contributed by atoms with Crippen molar-refractivity contribution in [3.63, 3.8) is 0 Å². The summed E-state index contributed by atoms with van der Waals surface area (Å²) >= 11 is 0. The number of nitro benzene ring substituents is 1. The molecule has 0 aliphatic heterocycles. The van der Waals surface area contributed by atoms with E-state index in [-0.39, 0.29) is 17.8 Å². The van der Waals surface area contributed by atoms with Gasteiger partial charge in [0.2, 0.25) is 11.8 Å². The predicted octanol–water partition coefficient (Wildman–Crippen LogP) is 5.26. The first-order valence-corrected chi connectivity index (χ1v) is 9.82. The smallest absolute Gasteiger partial charge is 0.269 e. The first-order valence-electron chi connectivity index (χ1n) is 9.82. The Balaban J connectivity index is 1.75. The molecule has 0 aliphatic rings. The van der Waals surface area contributed by atoms with Crippen molar-refractivity contribution in [3.8, 4) is 11.5 Å². The average molecular weight is 394 g/mol. The maximum atomic E-state index is 10.8. The van der Waals surface area contributed by atoms with Crippen LogP contribution in [0.3, 0.4) is 0 Å². The molecule has 0 saturated heterocycles. The third-order valence-electron chi connectivity index (χ3n) is 4.98. The second-order valence-electron chi connectivity index (χ2n) is 7.45. The number of rotatable bonds is 8. The molecule has 0 amide bonds. The molecule has 0 spiro atoms. The molecule has 0 bridgehead atoms. The van der Waals surface area contributed by atoms with E-state index in [1.807, 2.05) is 6.92 Å². The molecule has 2 aromatic carbocycles. The zero-order valence-corrected chi connectivity index (χ0v) is 17.1. The number of nitrogens with one attached hydrogen (secondary N) is 1. The van der Waals surface area contributed by atoms with Gasteiger partial charge in [-0.15, -0.1) is 10.2 Å². The van der Waals surface area contributed by atoms with Crippen LogP contribution in [0.2, 0.25) is 0 Å². The third kappa shape index (κ3) is 4.86. The molecule has 7 nitrogen and oxygen atoms in total. The molecule has 0 radical (unpaired) electrons. The Morgan fingerprint density at radius 3 is 2.24 bits per heavy atom. The number of nitro groups is 1. The number of aromatic nitrogens is 2. The van der Waals surface area contributed by atoms with Gasteiger partial charge in [0, 0.05) is 23.7 Å². The highest BCUT2D eigenvalue weighted by atomic mass is 16.6. The Bertz CT molecular complexity index is 949. The van der Waals surface area contributed by atoms with Crippen LogP contribution in [0.1, 0.15) is 56.8 Å². The summed E-state index contributed by atoms with van der Waals surface area (Å²) in [5.41, 5.74) is 3.21. The van der Waals surface area contributed by atoms with Crippen molar-refractivity contribution in [2.75, 3.05) is 0 Å². The first-order chi connectivity index (χ1) is 13.9. The molecular weight excluding hydrogens is 368 g/mol. The minimum absolute atomic E-state index is 0.0254. The molecule has 152 valence electrons. The second kappa shape index (κ2) is 8.96. The average Bonchev–Trinajstić information content (AvgIpc) is 3.22. The van der Waals surface area contributed by atoms with Crippen molar-refractivity contribution >= 4 is 5.69 Å². The summed E-state index contributed by atoms with van der Waals surface area (Å²) in [4.78, 5) is 10.4. The molecule has 3 aromatic rings. The quantitative estimate of drug-likeness (QED) is 0.414. The van der Waals surface area contributed by atoms with Crippen LogP contribution in [0.4, 0.5) is 5.69 Å². The number of non-ortho nitro benzene ring substituents is 1. The minimum atomic E-state index is -0.436. The molecule has 0 aliphatic carbocycles. The van der Waals surface area contributed by atoms with Crippen LogP contribution in [-0.4, -0.2) is 15.1 Å². The molecular formula is C22H26N4O3. The Hall–Kier alpha value is -3.06. The van der Waals surface area contributed by atoms with Crippen molar-refractivity contribution in [1.29, 1.82) is 0 Å². The van der Waals surface area contributed by atoms with Gasteiger partial charge in [-0.1, -0.05) is 45.0 Å². The lowest BCUT2D eigenvalue weighted by molar-refractivity contribution is -0.384. The number of aryl methyl sites for hydroxylation is 1. The molecule has 7 heteroatoms. The van der Waals surface area contributed by atoms with Gasteiger partial charge in [-0.2, -0.15) is 0 Å². The Labute approximate surface area is 170 Å². The van der Waals surface area contributed by atoms with Crippen LogP contribution in [0, 0.1) is 16.0 Å². The molecule has 1 N–H and O–H groups in total. The van der Waals surface area contributed by atoms with Gasteiger partial charge in [-0.05, 0) is 42.5 Å². The Morgan fingerprint density at radius 2 is 1.69 bits per heavy atom. The highest BCUT2D eigenvalue weighted by Crippen LogP contribution is 2.28. The van der Waals surface area contributed by atoms with E-state index in [0.717, 1.165) is 6.42 Å². The van der Waals surface area contributed by atoms with Gasteiger partial charge in [-0.25, -0.2) is 0 Å². The van der Waals surface area contributed by atoms with Crippen LogP contribution < -0.4 is 5.32 Å². The van der Waals surface area contributed by atoms with Crippen molar-refractivity contribution < 1.29 is 9.34 Å². The van der Waals surface area contributed by atoms with E-state index in [2.05, 4.69) is 60.6 Å². The summed E-state index contributed by atoms with van der Waals surface area (Å²) in [6, 6.07) is 14.7. The van der Waals surface area contributed by atoms with Crippen molar-refractivity contribution in [2.24, 2.45) is 5.92 Å². The zero-order chi connectivity index (χ0) is 21.0. The summed E-state index contributed by atoms with van der Waals surface area (Å²) < 4.78 is 5.83. The Kier molecular flexibility index (Phi) is 6.39. The fourth-order valence-corrected chi connectivity index (χ4v) is 3.23. The van der Waals surface area contributed by atoms with Gasteiger partial charge >= 0.3 is 0 Å². The van der Waals surface area contributed by atoms with Gasteiger partial charge in [0.05, 0.1) is 11.0 Å². The molecule has 0 unspecified atom stereocenters. The van der Waals surface area contributed by atoms with Gasteiger partial charge in [0.1, 0.15) is 0 Å². The van der Waals surface area contributed by atoms with E-state index < -0.39 is 4.92 Å². The minimum Gasteiger partial charge on any atom is -0.419 e. The molecule has 0 saturated carbocycles. The standard InChI is InChI=1S/C22H26N4O3/c1-5-16-6-8-17(9-7-16)20(14(2)3)23-15(4)21-24-25-22(29-21)18-10-12-19(13-11-18)26(27)28/h6-15,20,23H,5H2,1-4H3/t15-,20+/m0/s1. The summed E-state index contributed by atoms with van der Waals surface area (Å²) in [5.74, 6) is 1.20. The topological polar surface area (TPSA) is 94.1 Å². The summed E-state index contributed by atoms with van der Waals surface area (Å²) in [7, 11) is 0. The largest absolute Gasteiger partial charge is 0.419 e. The lowest BCUT2D eigenvalue weighted by Gasteiger charge is -2.25. The van der Waals surface area contributed by atoms with E-state index in [9.17, 15) is 10.1 Å². The SMILES string of the molecule is CCc1ccc([C@H](N[C@@H](C)c2nnc(-c3ccc([N+](=O)[O-])cc3)o2)C(C)C)cc1. The number of hydrogen-bond acceptors (Lipinski definition) is 6. The van der Waals surface area contributed by atoms with Crippen LogP contribution in [0.15, 0.2) is 52.9 Å². The fourth-order valence-electron chi connectivity index (χ4n) is 3.23. The summed E-state index contributed by atoms with van der Waals surface area (Å²) in [6.45, 7) is 8.48. The second-order valence-corrected chi connectivity index (χ2v) is 7.45. The molecule has 0 fully saturated rings. The number of nitrogens with zero attached hydrogens (tertiary/aromatic N) is 3. The van der Waals surface area contributed by atoms with Crippen LogP contribution in [0.25, 0.3) is 11.5 Å². The van der Waals surface area contributed by atoms with Crippen LogP contribution >= 0.6 is 0 Å². The van der Waals surface area contributed by atoms with Gasteiger partial charge in [0.25, 0.3) is 5.69 Å². The van der Waals surface area contributed by atoms with Gasteiger partial charge in [-0.3, -0.25) is 15.4 Å². The highest BCUT2D eigenvalue weighted by molar-refractivity contribution is 5.55. The molecule has 3 rings (SSSR count). The predicted molar refractivity (Wildman–Crippen MR) is 111 cm³/mol. The molecule has 29 heavy (non-hydrogen) atoms. The van der Waals surface area contributed by atoms with Crippen LogP contribution in [-0.2, 0) is 6.42 Å². The third-order valence-corrected chi connectivity index (χ3v) is 4.98. The van der Waals surface area contributed by atoms with E-state index in [0.29, 0.717) is 23.3 Å². The highest BCUT2D eigenvalue weighted by Gasteiger charge is 2.22. The van der Waals surface area contributed by atoms with Crippen molar-refractivity contribution in [2.45, 2.75) is 46.2 Å². The summed E-state index contributed by atoms with van der Waals surface area (Å²) in [6.07, 6.45) is 1.02. The van der Waals surface area contributed by atoms with E-state index >= 15 is 0 Å². The van der Waals surface area contributed by atoms with Crippen molar-refractivity contribution in [1.82, 2.24) is 15.5 Å². The van der Waals surface area contributed by atoms with Gasteiger partial charge in [0.15, 0.2) is 0 Å². The first kappa shape index (κ1) is 20.7. The monoisotopic (exact) mass is 394 g/mol.